The van der Waals surface area contributed by atoms with Gasteiger partial charge in [-0.2, -0.15) is 0 Å². The van der Waals surface area contributed by atoms with Gasteiger partial charge in [0.15, 0.2) is 6.29 Å². The van der Waals surface area contributed by atoms with Crippen molar-refractivity contribution in [3.05, 3.63) is 96.6 Å². The largest absolute Gasteiger partial charge is 0.350 e. The van der Waals surface area contributed by atoms with E-state index in [2.05, 4.69) is 97.5 Å². The van der Waals surface area contributed by atoms with Gasteiger partial charge in [-0.05, 0) is 30.4 Å². The second kappa shape index (κ2) is 9.53. The van der Waals surface area contributed by atoms with E-state index >= 15 is 0 Å². The third-order valence-electron chi connectivity index (χ3n) is 6.33. The van der Waals surface area contributed by atoms with Gasteiger partial charge in [0.25, 0.3) is 0 Å². The third-order valence-corrected chi connectivity index (χ3v) is 11.5. The normalized spacial score (nSPS) is 16.0. The van der Waals surface area contributed by atoms with Crippen LogP contribution >= 0.6 is 0 Å². The van der Waals surface area contributed by atoms with Crippen molar-refractivity contribution in [1.82, 2.24) is 0 Å². The highest BCUT2D eigenvalue weighted by Crippen LogP contribution is 2.32. The molecule has 0 N–H and O–H groups in total. The van der Waals surface area contributed by atoms with Gasteiger partial charge in [-0.15, -0.1) is 0 Å². The zero-order chi connectivity index (χ0) is 19.9. The van der Waals surface area contributed by atoms with Crippen molar-refractivity contribution in [2.75, 3.05) is 13.2 Å². The lowest BCUT2D eigenvalue weighted by Gasteiger charge is -2.38. The van der Waals surface area contributed by atoms with Crippen LogP contribution in [0.3, 0.4) is 0 Å². The molecule has 4 rings (SSSR count). The predicted molar refractivity (Wildman–Crippen MR) is 123 cm³/mol. The first-order chi connectivity index (χ1) is 14.3. The van der Waals surface area contributed by atoms with Gasteiger partial charge in [-0.25, -0.2) is 0 Å². The fourth-order valence-corrected chi connectivity index (χ4v) is 9.05. The second-order valence-corrected chi connectivity index (χ2v) is 12.4. The number of hydrogen-bond acceptors (Lipinski definition) is 2. The summed E-state index contributed by atoms with van der Waals surface area (Å²) in [6.07, 6.45) is 3.10. The van der Waals surface area contributed by atoms with Crippen LogP contribution in [0.5, 0.6) is 0 Å². The van der Waals surface area contributed by atoms with Gasteiger partial charge < -0.3 is 9.47 Å². The average Bonchev–Trinajstić information content (AvgIpc) is 3.32. The summed E-state index contributed by atoms with van der Waals surface area (Å²) in [6.45, 7) is 3.99. The highest BCUT2D eigenvalue weighted by molar-refractivity contribution is 7.02. The van der Waals surface area contributed by atoms with Crippen molar-refractivity contribution in [2.24, 2.45) is 0 Å². The molecule has 1 saturated heterocycles. The minimum Gasteiger partial charge on any atom is -0.350 e. The number of ether oxygens (including phenoxy) is 2. The predicted octanol–water partition coefficient (Wildman–Crippen LogP) is 4.65. The zero-order valence-corrected chi connectivity index (χ0v) is 18.2. The standard InChI is InChI=1S/C26H30O2Si/c1-29(23-13-7-3-8-14-23,24-15-9-4-10-16-24)25(17-18-26-27-19-20-28-26)21-22-11-5-2-6-12-22/h2-16,25-26H,17-21H2,1H3/t25-/m0/s1. The van der Waals surface area contributed by atoms with Crippen molar-refractivity contribution in [3.8, 4) is 0 Å². The first-order valence-corrected chi connectivity index (χ1v) is 13.2. The molecular weight excluding hydrogens is 372 g/mol. The van der Waals surface area contributed by atoms with E-state index in [-0.39, 0.29) is 6.29 Å². The maximum Gasteiger partial charge on any atom is 0.157 e. The quantitative estimate of drug-likeness (QED) is 0.511. The van der Waals surface area contributed by atoms with Gasteiger partial charge in [-0.1, -0.05) is 108 Å². The maximum atomic E-state index is 5.77. The first-order valence-electron chi connectivity index (χ1n) is 10.6. The summed E-state index contributed by atoms with van der Waals surface area (Å²) >= 11 is 0. The van der Waals surface area contributed by atoms with Crippen molar-refractivity contribution < 1.29 is 9.47 Å². The maximum absolute atomic E-state index is 5.77. The van der Waals surface area contributed by atoms with Crippen LogP contribution in [0.1, 0.15) is 18.4 Å². The van der Waals surface area contributed by atoms with Gasteiger partial charge >= 0.3 is 0 Å². The molecule has 0 radical (unpaired) electrons. The van der Waals surface area contributed by atoms with Crippen LogP contribution in [-0.2, 0) is 15.9 Å². The Morgan fingerprint density at radius 1 is 0.759 bits per heavy atom. The van der Waals surface area contributed by atoms with Crippen molar-refractivity contribution in [1.29, 1.82) is 0 Å². The van der Waals surface area contributed by atoms with Gasteiger partial charge in [0, 0.05) is 0 Å². The Kier molecular flexibility index (Phi) is 6.60. The van der Waals surface area contributed by atoms with E-state index in [1.165, 1.54) is 15.9 Å². The van der Waals surface area contributed by atoms with Crippen molar-refractivity contribution >= 4 is 18.4 Å². The lowest BCUT2D eigenvalue weighted by atomic mass is 10.1. The molecule has 1 heterocycles. The Hall–Kier alpha value is -2.20. The first kappa shape index (κ1) is 20.1. The summed E-state index contributed by atoms with van der Waals surface area (Å²) < 4.78 is 11.5. The lowest BCUT2D eigenvalue weighted by Crippen LogP contribution is -2.59. The zero-order valence-electron chi connectivity index (χ0n) is 17.2. The Morgan fingerprint density at radius 3 is 1.76 bits per heavy atom. The van der Waals surface area contributed by atoms with Crippen molar-refractivity contribution in [3.63, 3.8) is 0 Å². The van der Waals surface area contributed by atoms with Crippen LogP contribution in [0.2, 0.25) is 12.1 Å². The highest BCUT2D eigenvalue weighted by atomic mass is 28.3. The Labute approximate surface area is 175 Å². The molecular formula is C26H30O2Si. The summed E-state index contributed by atoms with van der Waals surface area (Å²) in [6, 6.07) is 33.3. The molecule has 0 amide bonds. The van der Waals surface area contributed by atoms with Crippen LogP contribution in [-0.4, -0.2) is 27.6 Å². The van der Waals surface area contributed by atoms with Crippen LogP contribution in [0.15, 0.2) is 91.0 Å². The van der Waals surface area contributed by atoms with Crippen LogP contribution < -0.4 is 10.4 Å². The van der Waals surface area contributed by atoms with E-state index in [4.69, 9.17) is 9.47 Å². The van der Waals surface area contributed by atoms with E-state index in [1.54, 1.807) is 0 Å². The van der Waals surface area contributed by atoms with E-state index < -0.39 is 8.07 Å². The summed E-state index contributed by atoms with van der Waals surface area (Å²) in [5.41, 5.74) is 1.97. The minimum absolute atomic E-state index is 0.0435. The molecule has 0 saturated carbocycles. The molecule has 3 aromatic rings. The molecule has 150 valence electrons. The monoisotopic (exact) mass is 402 g/mol. The summed E-state index contributed by atoms with van der Waals surface area (Å²) in [4.78, 5) is 0. The second-order valence-electron chi connectivity index (χ2n) is 8.07. The molecule has 3 heteroatoms. The summed E-state index contributed by atoms with van der Waals surface area (Å²) in [5, 5.41) is 3.00. The number of benzene rings is 3. The van der Waals surface area contributed by atoms with Gasteiger partial charge in [-0.3, -0.25) is 0 Å². The van der Waals surface area contributed by atoms with Crippen LogP contribution in [0.4, 0.5) is 0 Å². The van der Waals surface area contributed by atoms with Crippen LogP contribution in [0.25, 0.3) is 0 Å². The molecule has 3 aromatic carbocycles. The number of hydrogen-bond donors (Lipinski definition) is 0. The molecule has 1 aliphatic rings. The Morgan fingerprint density at radius 2 is 1.24 bits per heavy atom. The molecule has 1 fully saturated rings. The molecule has 1 atom stereocenters. The van der Waals surface area contributed by atoms with Crippen LogP contribution in [0, 0.1) is 0 Å². The molecule has 2 nitrogen and oxygen atoms in total. The topological polar surface area (TPSA) is 18.5 Å². The fourth-order valence-electron chi connectivity index (χ4n) is 4.61. The van der Waals surface area contributed by atoms with Gasteiger partial charge in [0.05, 0.1) is 13.2 Å². The SMILES string of the molecule is C[Si](c1ccccc1)(c1ccccc1)[C@@H](CCC1OCCO1)Cc1ccccc1. The van der Waals surface area contributed by atoms with Gasteiger partial charge in [0.1, 0.15) is 8.07 Å². The third kappa shape index (κ3) is 4.69. The summed E-state index contributed by atoms with van der Waals surface area (Å²) in [7, 11) is -2.00. The van der Waals surface area contributed by atoms with E-state index in [9.17, 15) is 0 Å². The molecule has 0 aliphatic carbocycles. The Balaban J connectivity index is 1.72. The highest BCUT2D eigenvalue weighted by Gasteiger charge is 2.40. The lowest BCUT2D eigenvalue weighted by molar-refractivity contribution is -0.0479. The fraction of sp³-hybridized carbons (Fsp3) is 0.308. The average molecular weight is 403 g/mol. The molecule has 0 aromatic heterocycles. The Bertz CT molecular complexity index is 821. The van der Waals surface area contributed by atoms with E-state index in [1.807, 2.05) is 0 Å². The molecule has 29 heavy (non-hydrogen) atoms. The molecule has 0 spiro atoms. The summed E-state index contributed by atoms with van der Waals surface area (Å²) in [5.74, 6) is 0. The molecule has 0 unspecified atom stereocenters. The van der Waals surface area contributed by atoms with E-state index in [0.29, 0.717) is 5.54 Å². The van der Waals surface area contributed by atoms with Crippen molar-refractivity contribution in [2.45, 2.75) is 37.6 Å². The smallest absolute Gasteiger partial charge is 0.157 e. The number of rotatable bonds is 8. The van der Waals surface area contributed by atoms with E-state index in [0.717, 1.165) is 32.5 Å². The minimum atomic E-state index is -2.00. The molecule has 0 bridgehead atoms. The van der Waals surface area contributed by atoms with Gasteiger partial charge in [0.2, 0.25) is 0 Å². The molecule has 1 aliphatic heterocycles.